The van der Waals surface area contributed by atoms with Crippen LogP contribution in [0.15, 0.2) is 64.4 Å². The van der Waals surface area contributed by atoms with Crippen molar-refractivity contribution in [2.75, 3.05) is 6.54 Å². The molecule has 3 aromatic rings. The highest BCUT2D eigenvalue weighted by molar-refractivity contribution is 5.95. The zero-order valence-electron chi connectivity index (χ0n) is 15.1. The largest absolute Gasteiger partial charge is 0.472 e. The van der Waals surface area contributed by atoms with Crippen LogP contribution in [0, 0.1) is 11.6 Å². The normalized spacial score (nSPS) is 16.0. The highest BCUT2D eigenvalue weighted by Crippen LogP contribution is 2.19. The molecule has 0 saturated heterocycles. The molecule has 1 aromatic heterocycles. The minimum absolute atomic E-state index is 0.0475. The molecule has 2 aromatic carbocycles. The maximum atomic E-state index is 13.5. The van der Waals surface area contributed by atoms with Gasteiger partial charge in [-0.25, -0.2) is 18.5 Å². The van der Waals surface area contributed by atoms with Crippen molar-refractivity contribution in [2.45, 2.75) is 19.6 Å². The molecule has 2 heterocycles. The Morgan fingerprint density at radius 2 is 1.86 bits per heavy atom. The second-order valence-corrected chi connectivity index (χ2v) is 6.65. The van der Waals surface area contributed by atoms with Crippen molar-refractivity contribution in [3.05, 3.63) is 87.7 Å². The number of ether oxygens (including phenoxy) is 1. The molecule has 0 bridgehead atoms. The Morgan fingerprint density at radius 3 is 2.57 bits per heavy atom. The van der Waals surface area contributed by atoms with Crippen LogP contribution in [0.2, 0.25) is 0 Å². The van der Waals surface area contributed by atoms with Crippen LogP contribution in [0.4, 0.5) is 8.78 Å². The summed E-state index contributed by atoms with van der Waals surface area (Å²) < 4.78 is 33.9. The Kier molecular flexibility index (Phi) is 4.73. The maximum Gasteiger partial charge on any atom is 0.267 e. The van der Waals surface area contributed by atoms with Gasteiger partial charge in [0.25, 0.3) is 5.56 Å². The van der Waals surface area contributed by atoms with Gasteiger partial charge in [-0.15, -0.1) is 0 Å². The fourth-order valence-electron chi connectivity index (χ4n) is 3.03. The van der Waals surface area contributed by atoms with Gasteiger partial charge in [0.05, 0.1) is 18.8 Å². The van der Waals surface area contributed by atoms with Gasteiger partial charge in [-0.05, 0) is 42.8 Å². The first kappa shape index (κ1) is 18.0. The summed E-state index contributed by atoms with van der Waals surface area (Å²) in [5.41, 5.74) is 1.93. The monoisotopic (exact) mass is 381 g/mol. The number of halogens is 2. The average molecular weight is 381 g/mol. The molecular weight excluding hydrogens is 364 g/mol. The Labute approximate surface area is 159 Å². The Bertz CT molecular complexity index is 1100. The van der Waals surface area contributed by atoms with Gasteiger partial charge in [0.2, 0.25) is 5.90 Å². The summed E-state index contributed by atoms with van der Waals surface area (Å²) in [6, 6.07) is 13.4. The van der Waals surface area contributed by atoms with E-state index in [1.807, 2.05) is 31.2 Å². The van der Waals surface area contributed by atoms with Gasteiger partial charge in [-0.2, -0.15) is 5.10 Å². The van der Waals surface area contributed by atoms with Gasteiger partial charge in [0.1, 0.15) is 17.7 Å². The number of hydrogen-bond acceptors (Lipinski definition) is 4. The van der Waals surface area contributed by atoms with Crippen LogP contribution in [0.3, 0.4) is 0 Å². The first-order valence-corrected chi connectivity index (χ1v) is 8.83. The molecule has 5 nitrogen and oxygen atoms in total. The second kappa shape index (κ2) is 7.34. The maximum absolute atomic E-state index is 13.5. The van der Waals surface area contributed by atoms with Gasteiger partial charge >= 0.3 is 0 Å². The first-order chi connectivity index (χ1) is 13.5. The lowest BCUT2D eigenvalue weighted by Crippen LogP contribution is -2.23. The van der Waals surface area contributed by atoms with Gasteiger partial charge < -0.3 is 4.74 Å². The Balaban J connectivity index is 1.64. The quantitative estimate of drug-likeness (QED) is 0.696. The van der Waals surface area contributed by atoms with E-state index in [2.05, 4.69) is 10.1 Å². The molecule has 0 amide bonds. The van der Waals surface area contributed by atoms with Crippen LogP contribution in [-0.2, 0) is 11.3 Å². The van der Waals surface area contributed by atoms with Crippen LogP contribution in [0.5, 0.6) is 0 Å². The first-order valence-electron chi connectivity index (χ1n) is 8.83. The predicted octanol–water partition coefficient (Wildman–Crippen LogP) is 3.40. The molecular formula is C21H17F2N3O2. The van der Waals surface area contributed by atoms with Gasteiger partial charge in [-0.1, -0.05) is 12.1 Å². The summed E-state index contributed by atoms with van der Waals surface area (Å²) in [5, 5.41) is 4.27. The number of rotatable bonds is 4. The SMILES string of the molecule is CC1CN=C(c2cccc(Cn3nc(-c4cc(F)cc(F)c4)ccc3=O)c2)O1. The summed E-state index contributed by atoms with van der Waals surface area (Å²) >= 11 is 0. The van der Waals surface area contributed by atoms with E-state index < -0.39 is 11.6 Å². The molecule has 1 aliphatic heterocycles. The third-order valence-electron chi connectivity index (χ3n) is 4.34. The fraction of sp³-hybridized carbons (Fsp3) is 0.190. The highest BCUT2D eigenvalue weighted by atomic mass is 19.1. The smallest absolute Gasteiger partial charge is 0.267 e. The summed E-state index contributed by atoms with van der Waals surface area (Å²) in [5.74, 6) is -0.818. The number of aromatic nitrogens is 2. The summed E-state index contributed by atoms with van der Waals surface area (Å²) in [6.45, 7) is 2.78. The van der Waals surface area contributed by atoms with Crippen molar-refractivity contribution >= 4 is 5.90 Å². The van der Waals surface area contributed by atoms with E-state index in [9.17, 15) is 13.6 Å². The Hall–Kier alpha value is -3.35. The molecule has 1 unspecified atom stereocenters. The number of hydrogen-bond donors (Lipinski definition) is 0. The van der Waals surface area contributed by atoms with Gasteiger partial charge in [0.15, 0.2) is 0 Å². The van der Waals surface area contributed by atoms with Crippen LogP contribution in [0.25, 0.3) is 11.3 Å². The van der Waals surface area contributed by atoms with E-state index in [1.165, 1.54) is 28.9 Å². The molecule has 0 radical (unpaired) electrons. The van der Waals surface area contributed by atoms with Crippen LogP contribution in [0.1, 0.15) is 18.1 Å². The molecule has 0 aliphatic carbocycles. The number of aliphatic imine (C=N–C) groups is 1. The van der Waals surface area contributed by atoms with Gasteiger partial charge in [0, 0.05) is 23.3 Å². The standard InChI is InChI=1S/C21H17F2N3O2/c1-13-11-24-21(28-13)15-4-2-3-14(7-15)12-26-20(27)6-5-19(25-26)16-8-17(22)10-18(23)9-16/h2-10,13H,11-12H2,1H3. The van der Waals surface area contributed by atoms with Crippen molar-refractivity contribution in [1.82, 2.24) is 9.78 Å². The minimum Gasteiger partial charge on any atom is -0.472 e. The molecule has 0 N–H and O–H groups in total. The zero-order chi connectivity index (χ0) is 19.7. The molecule has 4 rings (SSSR count). The van der Waals surface area contributed by atoms with Crippen molar-refractivity contribution in [3.63, 3.8) is 0 Å². The summed E-state index contributed by atoms with van der Waals surface area (Å²) in [4.78, 5) is 16.6. The van der Waals surface area contributed by atoms with Crippen molar-refractivity contribution in [3.8, 4) is 11.3 Å². The molecule has 142 valence electrons. The van der Waals surface area contributed by atoms with Crippen molar-refractivity contribution in [2.24, 2.45) is 4.99 Å². The third kappa shape index (κ3) is 3.83. The summed E-state index contributed by atoms with van der Waals surface area (Å²) in [7, 11) is 0. The molecule has 1 aliphatic rings. The number of benzene rings is 2. The molecule has 1 atom stereocenters. The van der Waals surface area contributed by atoms with E-state index in [-0.39, 0.29) is 23.8 Å². The lowest BCUT2D eigenvalue weighted by atomic mass is 10.1. The molecule has 28 heavy (non-hydrogen) atoms. The second-order valence-electron chi connectivity index (χ2n) is 6.65. The Morgan fingerprint density at radius 1 is 1.07 bits per heavy atom. The van der Waals surface area contributed by atoms with E-state index >= 15 is 0 Å². The van der Waals surface area contributed by atoms with Crippen LogP contribution >= 0.6 is 0 Å². The van der Waals surface area contributed by atoms with E-state index in [0.717, 1.165) is 17.2 Å². The molecule has 0 fully saturated rings. The van der Waals surface area contributed by atoms with Crippen molar-refractivity contribution in [1.29, 1.82) is 0 Å². The topological polar surface area (TPSA) is 56.5 Å². The summed E-state index contributed by atoms with van der Waals surface area (Å²) in [6.07, 6.45) is 0.0475. The van der Waals surface area contributed by atoms with Crippen LogP contribution in [-0.4, -0.2) is 28.3 Å². The minimum atomic E-state index is -0.700. The molecule has 0 saturated carbocycles. The molecule has 7 heteroatoms. The van der Waals surface area contributed by atoms with E-state index in [4.69, 9.17) is 4.74 Å². The van der Waals surface area contributed by atoms with Crippen LogP contribution < -0.4 is 5.56 Å². The fourth-order valence-corrected chi connectivity index (χ4v) is 3.03. The predicted molar refractivity (Wildman–Crippen MR) is 101 cm³/mol. The van der Waals surface area contributed by atoms with E-state index in [0.29, 0.717) is 18.1 Å². The van der Waals surface area contributed by atoms with E-state index in [1.54, 1.807) is 0 Å². The average Bonchev–Trinajstić information content (AvgIpc) is 3.09. The van der Waals surface area contributed by atoms with Gasteiger partial charge in [-0.3, -0.25) is 4.79 Å². The molecule has 0 spiro atoms. The third-order valence-corrected chi connectivity index (χ3v) is 4.34. The highest BCUT2D eigenvalue weighted by Gasteiger charge is 2.17. The number of nitrogens with zero attached hydrogens (tertiary/aromatic N) is 3. The zero-order valence-corrected chi connectivity index (χ0v) is 15.1. The lowest BCUT2D eigenvalue weighted by Gasteiger charge is -2.10. The van der Waals surface area contributed by atoms with Crippen molar-refractivity contribution < 1.29 is 13.5 Å². The lowest BCUT2D eigenvalue weighted by molar-refractivity contribution is 0.246.